The van der Waals surface area contributed by atoms with Gasteiger partial charge in [-0.05, 0) is 45.1 Å². The van der Waals surface area contributed by atoms with Gasteiger partial charge in [0.15, 0.2) is 0 Å². The average Bonchev–Trinajstić information content (AvgIpc) is 3.01. The van der Waals surface area contributed by atoms with Gasteiger partial charge in [0.1, 0.15) is 10.8 Å². The lowest BCUT2D eigenvalue weighted by Crippen LogP contribution is -2.25. The van der Waals surface area contributed by atoms with Crippen LogP contribution in [0, 0.1) is 6.92 Å². The highest BCUT2D eigenvalue weighted by Crippen LogP contribution is 2.39. The van der Waals surface area contributed by atoms with Crippen molar-refractivity contribution < 1.29 is 4.42 Å². The first-order valence-corrected chi connectivity index (χ1v) is 8.40. The van der Waals surface area contributed by atoms with Gasteiger partial charge in [-0.1, -0.05) is 0 Å². The summed E-state index contributed by atoms with van der Waals surface area (Å²) in [6, 6.07) is 2.83. The normalized spacial score (nSPS) is 21.9. The van der Waals surface area contributed by atoms with E-state index in [1.165, 1.54) is 48.2 Å². The molecule has 4 heteroatoms. The second-order valence-electron chi connectivity index (χ2n) is 5.99. The van der Waals surface area contributed by atoms with Crippen LogP contribution in [0.1, 0.15) is 47.9 Å². The lowest BCUT2D eigenvalue weighted by atomic mass is 9.91. The molecule has 4 rings (SSSR count). The topological polar surface area (TPSA) is 38.1 Å². The van der Waals surface area contributed by atoms with Gasteiger partial charge in [0.2, 0.25) is 0 Å². The van der Waals surface area contributed by atoms with Gasteiger partial charge in [0.05, 0.1) is 17.5 Å². The number of hydrogen-bond donors (Lipinski definition) is 1. The summed E-state index contributed by atoms with van der Waals surface area (Å²) in [5.41, 5.74) is 2.52. The van der Waals surface area contributed by atoms with Gasteiger partial charge in [-0.2, -0.15) is 0 Å². The zero-order valence-corrected chi connectivity index (χ0v) is 12.6. The van der Waals surface area contributed by atoms with E-state index in [0.717, 1.165) is 23.4 Å². The Hall–Kier alpha value is -1.13. The van der Waals surface area contributed by atoms with Crippen LogP contribution in [0.4, 0.5) is 0 Å². The Bertz CT molecular complexity index is 612. The van der Waals surface area contributed by atoms with E-state index in [0.29, 0.717) is 5.92 Å². The minimum atomic E-state index is 0.608. The van der Waals surface area contributed by atoms with Gasteiger partial charge in [-0.15, -0.1) is 11.3 Å². The Balaban J connectivity index is 1.60. The molecular formula is C16H20N2OS. The standard InChI is InChI=1S/C16H20N2OS/c1-10-13(7-8-19-10)16-18-15-11(9-17-12-5-6-12)3-2-4-14(15)20-16/h7-8,11-12,17H,2-6,9H2,1H3. The Morgan fingerprint density at radius 1 is 1.40 bits per heavy atom. The lowest BCUT2D eigenvalue weighted by Gasteiger charge is -2.21. The maximum absolute atomic E-state index is 5.42. The van der Waals surface area contributed by atoms with Gasteiger partial charge >= 0.3 is 0 Å². The van der Waals surface area contributed by atoms with E-state index in [2.05, 4.69) is 5.32 Å². The highest BCUT2D eigenvalue weighted by atomic mass is 32.1. The fraction of sp³-hybridized carbons (Fsp3) is 0.562. The van der Waals surface area contributed by atoms with Crippen molar-refractivity contribution in [3.63, 3.8) is 0 Å². The van der Waals surface area contributed by atoms with Gasteiger partial charge in [0, 0.05) is 23.4 Å². The maximum Gasteiger partial charge on any atom is 0.127 e. The third-order valence-corrected chi connectivity index (χ3v) is 5.55. The molecule has 2 aliphatic rings. The molecule has 3 nitrogen and oxygen atoms in total. The molecule has 0 bridgehead atoms. The van der Waals surface area contributed by atoms with E-state index in [1.54, 1.807) is 6.26 Å². The SMILES string of the molecule is Cc1occc1-c1nc2c(s1)CCCC2CNC1CC1. The summed E-state index contributed by atoms with van der Waals surface area (Å²) in [6.45, 7) is 3.12. The van der Waals surface area contributed by atoms with Crippen molar-refractivity contribution in [2.45, 2.75) is 51.0 Å². The first kappa shape index (κ1) is 12.6. The Morgan fingerprint density at radius 2 is 2.30 bits per heavy atom. The smallest absolute Gasteiger partial charge is 0.127 e. The van der Waals surface area contributed by atoms with Crippen LogP contribution in [0.15, 0.2) is 16.7 Å². The first-order chi connectivity index (χ1) is 9.81. The van der Waals surface area contributed by atoms with Crippen LogP contribution in [-0.4, -0.2) is 17.6 Å². The summed E-state index contributed by atoms with van der Waals surface area (Å²) in [4.78, 5) is 6.45. The summed E-state index contributed by atoms with van der Waals surface area (Å²) in [5.74, 6) is 1.58. The molecule has 0 saturated heterocycles. The maximum atomic E-state index is 5.42. The quantitative estimate of drug-likeness (QED) is 0.927. The van der Waals surface area contributed by atoms with Crippen LogP contribution < -0.4 is 5.32 Å². The molecule has 106 valence electrons. The third kappa shape index (κ3) is 2.31. The van der Waals surface area contributed by atoms with E-state index in [1.807, 2.05) is 24.3 Å². The van der Waals surface area contributed by atoms with Crippen LogP contribution >= 0.6 is 11.3 Å². The van der Waals surface area contributed by atoms with Crippen molar-refractivity contribution in [2.24, 2.45) is 0 Å². The molecule has 0 spiro atoms. The van der Waals surface area contributed by atoms with E-state index < -0.39 is 0 Å². The molecule has 2 aromatic rings. The molecule has 1 N–H and O–H groups in total. The summed E-state index contributed by atoms with van der Waals surface area (Å²) in [5, 5.41) is 4.81. The van der Waals surface area contributed by atoms with Crippen molar-refractivity contribution in [1.29, 1.82) is 0 Å². The number of nitrogens with zero attached hydrogens (tertiary/aromatic N) is 1. The van der Waals surface area contributed by atoms with Crippen molar-refractivity contribution in [2.75, 3.05) is 6.54 Å². The molecule has 1 unspecified atom stereocenters. The van der Waals surface area contributed by atoms with Crippen molar-refractivity contribution in [1.82, 2.24) is 10.3 Å². The largest absolute Gasteiger partial charge is 0.469 e. The van der Waals surface area contributed by atoms with Crippen molar-refractivity contribution >= 4 is 11.3 Å². The molecule has 1 atom stereocenters. The van der Waals surface area contributed by atoms with Crippen LogP contribution in [0.25, 0.3) is 10.6 Å². The van der Waals surface area contributed by atoms with Crippen LogP contribution in [0.3, 0.4) is 0 Å². The number of aromatic nitrogens is 1. The summed E-state index contributed by atoms with van der Waals surface area (Å²) < 4.78 is 5.42. The second-order valence-corrected chi connectivity index (χ2v) is 7.07. The highest BCUT2D eigenvalue weighted by molar-refractivity contribution is 7.15. The van der Waals surface area contributed by atoms with Gasteiger partial charge in [-0.25, -0.2) is 4.98 Å². The molecular weight excluding hydrogens is 268 g/mol. The summed E-state index contributed by atoms with van der Waals surface area (Å²) in [6.07, 6.45) is 8.25. The number of furan rings is 1. The Kier molecular flexibility index (Phi) is 3.15. The Morgan fingerprint density at radius 3 is 3.05 bits per heavy atom. The molecule has 2 aromatic heterocycles. The van der Waals surface area contributed by atoms with Crippen molar-refractivity contribution in [3.8, 4) is 10.6 Å². The fourth-order valence-corrected chi connectivity index (χ4v) is 4.29. The van der Waals surface area contributed by atoms with E-state index >= 15 is 0 Å². The molecule has 1 saturated carbocycles. The minimum Gasteiger partial charge on any atom is -0.469 e. The van der Waals surface area contributed by atoms with Crippen molar-refractivity contribution in [3.05, 3.63) is 28.7 Å². The zero-order chi connectivity index (χ0) is 13.5. The molecule has 20 heavy (non-hydrogen) atoms. The molecule has 0 aliphatic heterocycles. The number of hydrogen-bond acceptors (Lipinski definition) is 4. The molecule has 2 heterocycles. The van der Waals surface area contributed by atoms with Gasteiger partial charge in [-0.3, -0.25) is 0 Å². The monoisotopic (exact) mass is 288 g/mol. The lowest BCUT2D eigenvalue weighted by molar-refractivity contribution is 0.500. The number of rotatable bonds is 4. The van der Waals surface area contributed by atoms with Crippen LogP contribution in [0.2, 0.25) is 0 Å². The fourth-order valence-electron chi connectivity index (χ4n) is 3.02. The second kappa shape index (κ2) is 5.01. The van der Waals surface area contributed by atoms with Crippen LogP contribution in [0.5, 0.6) is 0 Å². The Labute approximate surface area is 123 Å². The van der Waals surface area contributed by atoms with E-state index in [4.69, 9.17) is 9.40 Å². The molecule has 0 amide bonds. The van der Waals surface area contributed by atoms with Gasteiger partial charge in [0.25, 0.3) is 0 Å². The first-order valence-electron chi connectivity index (χ1n) is 7.58. The van der Waals surface area contributed by atoms with Crippen LogP contribution in [-0.2, 0) is 6.42 Å². The number of thiazole rings is 1. The van der Waals surface area contributed by atoms with Gasteiger partial charge < -0.3 is 9.73 Å². The molecule has 0 radical (unpaired) electrons. The third-order valence-electron chi connectivity index (χ3n) is 4.39. The number of nitrogens with one attached hydrogen (secondary N) is 1. The number of aryl methyl sites for hydroxylation is 2. The molecule has 2 aliphatic carbocycles. The minimum absolute atomic E-state index is 0.608. The number of fused-ring (bicyclic) bond motifs is 1. The highest BCUT2D eigenvalue weighted by Gasteiger charge is 2.28. The molecule has 1 fully saturated rings. The predicted octanol–water partition coefficient (Wildman–Crippen LogP) is 3.88. The van der Waals surface area contributed by atoms with E-state index in [9.17, 15) is 0 Å². The molecule has 0 aromatic carbocycles. The predicted molar refractivity (Wildman–Crippen MR) is 81.3 cm³/mol. The summed E-state index contributed by atoms with van der Waals surface area (Å²) >= 11 is 1.86. The summed E-state index contributed by atoms with van der Waals surface area (Å²) in [7, 11) is 0. The zero-order valence-electron chi connectivity index (χ0n) is 11.8. The van der Waals surface area contributed by atoms with E-state index in [-0.39, 0.29) is 0 Å². The average molecular weight is 288 g/mol.